The number of aromatic nitrogens is 2. The Kier molecular flexibility index (Phi) is 5.35. The maximum atomic E-state index is 5.04. The molecule has 4 heteroatoms. The average Bonchev–Trinajstić information content (AvgIpc) is 2.23. The first-order valence-corrected chi connectivity index (χ1v) is 5.65. The second-order valence-electron chi connectivity index (χ2n) is 3.93. The van der Waals surface area contributed by atoms with Crippen molar-refractivity contribution in [1.82, 2.24) is 15.3 Å². The van der Waals surface area contributed by atoms with Gasteiger partial charge in [0.25, 0.3) is 0 Å². The van der Waals surface area contributed by atoms with Crippen molar-refractivity contribution in [3.05, 3.63) is 22.8 Å². The summed E-state index contributed by atoms with van der Waals surface area (Å²) in [5.41, 5.74) is 3.43. The zero-order valence-corrected chi connectivity index (χ0v) is 10.6. The number of hydrogen-bond donors (Lipinski definition) is 1. The van der Waals surface area contributed by atoms with Crippen molar-refractivity contribution in [2.24, 2.45) is 0 Å². The highest BCUT2D eigenvalue weighted by atomic mass is 16.5. The lowest BCUT2D eigenvalue weighted by molar-refractivity contribution is 0.177. The maximum Gasteiger partial charge on any atom is 0.154 e. The number of hydrogen-bond acceptors (Lipinski definition) is 4. The third-order valence-electron chi connectivity index (χ3n) is 2.59. The monoisotopic (exact) mass is 223 g/mol. The second-order valence-corrected chi connectivity index (χ2v) is 3.93. The smallest absolute Gasteiger partial charge is 0.154 e. The molecule has 0 bridgehead atoms. The standard InChI is InChI=1S/C12H21N3O/c1-9-11(6-5-7-13-3)10(2)15-12(14-9)8-16-4/h13H,5-8H2,1-4H3. The molecule has 4 nitrogen and oxygen atoms in total. The molecule has 1 heterocycles. The number of methoxy groups -OCH3 is 1. The predicted molar refractivity (Wildman–Crippen MR) is 64.5 cm³/mol. The Balaban J connectivity index is 2.77. The van der Waals surface area contributed by atoms with Crippen LogP contribution in [0.15, 0.2) is 0 Å². The summed E-state index contributed by atoms with van der Waals surface area (Å²) in [4.78, 5) is 8.89. The minimum atomic E-state index is 0.485. The highest BCUT2D eigenvalue weighted by molar-refractivity contribution is 5.24. The predicted octanol–water partition coefficient (Wildman–Crippen LogP) is 1.39. The topological polar surface area (TPSA) is 47.0 Å². The van der Waals surface area contributed by atoms with E-state index in [-0.39, 0.29) is 0 Å². The molecule has 0 amide bonds. The van der Waals surface area contributed by atoms with Crippen molar-refractivity contribution < 1.29 is 4.74 Å². The van der Waals surface area contributed by atoms with Gasteiger partial charge in [-0.05, 0) is 45.8 Å². The Labute approximate surface area is 97.5 Å². The van der Waals surface area contributed by atoms with Crippen molar-refractivity contribution in [3.8, 4) is 0 Å². The molecule has 90 valence electrons. The summed E-state index contributed by atoms with van der Waals surface area (Å²) < 4.78 is 5.04. The van der Waals surface area contributed by atoms with Gasteiger partial charge in [-0.1, -0.05) is 0 Å². The fourth-order valence-corrected chi connectivity index (χ4v) is 1.81. The fraction of sp³-hybridized carbons (Fsp3) is 0.667. The lowest BCUT2D eigenvalue weighted by Gasteiger charge is -2.10. The molecule has 0 radical (unpaired) electrons. The molecule has 0 unspecified atom stereocenters. The number of rotatable bonds is 6. The molecule has 0 aromatic carbocycles. The van der Waals surface area contributed by atoms with Gasteiger partial charge in [-0.25, -0.2) is 9.97 Å². The van der Waals surface area contributed by atoms with E-state index in [0.29, 0.717) is 6.61 Å². The van der Waals surface area contributed by atoms with Crippen molar-refractivity contribution >= 4 is 0 Å². The van der Waals surface area contributed by atoms with Crippen molar-refractivity contribution in [1.29, 1.82) is 0 Å². The van der Waals surface area contributed by atoms with Crippen LogP contribution in [0.4, 0.5) is 0 Å². The molecule has 0 fully saturated rings. The highest BCUT2D eigenvalue weighted by Crippen LogP contribution is 2.12. The summed E-state index contributed by atoms with van der Waals surface area (Å²) in [5, 5.41) is 3.15. The van der Waals surface area contributed by atoms with Gasteiger partial charge >= 0.3 is 0 Å². The summed E-state index contributed by atoms with van der Waals surface area (Å²) in [6, 6.07) is 0. The van der Waals surface area contributed by atoms with Gasteiger partial charge < -0.3 is 10.1 Å². The fourth-order valence-electron chi connectivity index (χ4n) is 1.81. The van der Waals surface area contributed by atoms with Crippen LogP contribution in [0.3, 0.4) is 0 Å². The number of ether oxygens (including phenoxy) is 1. The van der Waals surface area contributed by atoms with Gasteiger partial charge in [-0.2, -0.15) is 0 Å². The Morgan fingerprint density at radius 3 is 2.31 bits per heavy atom. The SMILES string of the molecule is CNCCCc1c(C)nc(COC)nc1C. The lowest BCUT2D eigenvalue weighted by atomic mass is 10.1. The molecule has 16 heavy (non-hydrogen) atoms. The second kappa shape index (κ2) is 6.55. The first-order chi connectivity index (χ1) is 7.69. The number of nitrogens with one attached hydrogen (secondary N) is 1. The number of aryl methyl sites for hydroxylation is 2. The lowest BCUT2D eigenvalue weighted by Crippen LogP contribution is -2.11. The Morgan fingerprint density at radius 2 is 1.81 bits per heavy atom. The Morgan fingerprint density at radius 1 is 1.19 bits per heavy atom. The molecule has 1 aromatic rings. The van der Waals surface area contributed by atoms with Crippen LogP contribution in [0.5, 0.6) is 0 Å². The van der Waals surface area contributed by atoms with Gasteiger partial charge in [0.15, 0.2) is 5.82 Å². The van der Waals surface area contributed by atoms with Crippen molar-refractivity contribution in [3.63, 3.8) is 0 Å². The van der Waals surface area contributed by atoms with Crippen LogP contribution in [0.1, 0.15) is 29.2 Å². The normalized spacial score (nSPS) is 10.8. The van der Waals surface area contributed by atoms with Gasteiger partial charge in [0.05, 0.1) is 0 Å². The third-order valence-corrected chi connectivity index (χ3v) is 2.59. The summed E-state index contributed by atoms with van der Waals surface area (Å²) in [7, 11) is 3.63. The highest BCUT2D eigenvalue weighted by Gasteiger charge is 2.07. The molecule has 1 rings (SSSR count). The molecule has 0 aliphatic heterocycles. The van der Waals surface area contributed by atoms with Crippen LogP contribution in [-0.4, -0.2) is 30.7 Å². The van der Waals surface area contributed by atoms with E-state index in [2.05, 4.69) is 15.3 Å². The Hall–Kier alpha value is -1.00. The van der Waals surface area contributed by atoms with Gasteiger partial charge in [-0.3, -0.25) is 0 Å². The molecule has 0 spiro atoms. The summed E-state index contributed by atoms with van der Waals surface area (Å²) >= 11 is 0. The van der Waals surface area contributed by atoms with Crippen LogP contribution in [0.2, 0.25) is 0 Å². The van der Waals surface area contributed by atoms with Crippen LogP contribution >= 0.6 is 0 Å². The van der Waals surface area contributed by atoms with Gasteiger partial charge in [-0.15, -0.1) is 0 Å². The quantitative estimate of drug-likeness (QED) is 0.740. The van der Waals surface area contributed by atoms with Crippen molar-refractivity contribution in [2.75, 3.05) is 20.7 Å². The average molecular weight is 223 g/mol. The van der Waals surface area contributed by atoms with E-state index < -0.39 is 0 Å². The zero-order valence-electron chi connectivity index (χ0n) is 10.6. The van der Waals surface area contributed by atoms with Crippen LogP contribution < -0.4 is 5.32 Å². The van der Waals surface area contributed by atoms with Crippen LogP contribution in [-0.2, 0) is 17.8 Å². The van der Waals surface area contributed by atoms with Crippen molar-refractivity contribution in [2.45, 2.75) is 33.3 Å². The minimum Gasteiger partial charge on any atom is -0.377 e. The number of nitrogens with zero attached hydrogens (tertiary/aromatic N) is 2. The minimum absolute atomic E-state index is 0.485. The molecule has 1 aromatic heterocycles. The largest absolute Gasteiger partial charge is 0.377 e. The summed E-state index contributed by atoms with van der Waals surface area (Å²) in [6.07, 6.45) is 2.15. The van der Waals surface area contributed by atoms with E-state index in [0.717, 1.165) is 36.6 Å². The van der Waals surface area contributed by atoms with Gasteiger partial charge in [0.2, 0.25) is 0 Å². The first-order valence-electron chi connectivity index (χ1n) is 5.65. The zero-order chi connectivity index (χ0) is 12.0. The molecule has 0 atom stereocenters. The molecular weight excluding hydrogens is 202 g/mol. The van der Waals surface area contributed by atoms with Gasteiger partial charge in [0.1, 0.15) is 6.61 Å². The van der Waals surface area contributed by atoms with E-state index in [1.54, 1.807) is 7.11 Å². The van der Waals surface area contributed by atoms with Gasteiger partial charge in [0, 0.05) is 18.5 Å². The Bertz CT molecular complexity index is 316. The molecule has 0 aliphatic rings. The van der Waals surface area contributed by atoms with E-state index in [9.17, 15) is 0 Å². The molecule has 0 saturated heterocycles. The molecule has 1 N–H and O–H groups in total. The summed E-state index contributed by atoms with van der Waals surface area (Å²) in [6.45, 7) is 5.60. The molecule has 0 aliphatic carbocycles. The van der Waals surface area contributed by atoms with E-state index in [1.165, 1.54) is 5.56 Å². The van der Waals surface area contributed by atoms with E-state index in [4.69, 9.17) is 4.74 Å². The molecular formula is C12H21N3O. The maximum absolute atomic E-state index is 5.04. The molecule has 0 saturated carbocycles. The first kappa shape index (κ1) is 13.1. The summed E-state index contributed by atoms with van der Waals surface area (Å²) in [5.74, 6) is 0.773. The van der Waals surface area contributed by atoms with E-state index >= 15 is 0 Å². The van der Waals surface area contributed by atoms with E-state index in [1.807, 2.05) is 20.9 Å². The third kappa shape index (κ3) is 3.54. The van der Waals surface area contributed by atoms with Crippen LogP contribution in [0.25, 0.3) is 0 Å². The van der Waals surface area contributed by atoms with Crippen LogP contribution in [0, 0.1) is 13.8 Å².